The summed E-state index contributed by atoms with van der Waals surface area (Å²) in [6.45, 7) is -0.241. The number of hydrogen-bond acceptors (Lipinski definition) is 3. The lowest BCUT2D eigenvalue weighted by Crippen LogP contribution is -2.14. The van der Waals surface area contributed by atoms with Crippen LogP contribution in [0, 0.1) is 0 Å². The molecule has 2 rings (SSSR count). The first-order valence-corrected chi connectivity index (χ1v) is 9.15. The lowest BCUT2D eigenvalue weighted by molar-refractivity contribution is 0.281. The summed E-state index contributed by atoms with van der Waals surface area (Å²) in [6.07, 6.45) is 0. The van der Waals surface area contributed by atoms with E-state index in [4.69, 9.17) is 16.7 Å². The molecule has 2 aromatic carbocycles. The second-order valence-electron chi connectivity index (χ2n) is 4.15. The summed E-state index contributed by atoms with van der Waals surface area (Å²) < 4.78 is 28.5. The van der Waals surface area contributed by atoms with E-state index in [2.05, 4.69) is 36.6 Å². The second kappa shape index (κ2) is 6.66. The molecule has 0 heterocycles. The van der Waals surface area contributed by atoms with Crippen molar-refractivity contribution in [2.75, 3.05) is 4.72 Å². The van der Waals surface area contributed by atoms with Gasteiger partial charge in [0.25, 0.3) is 10.0 Å². The van der Waals surface area contributed by atoms with Crippen molar-refractivity contribution < 1.29 is 13.5 Å². The number of hydrogen-bond donors (Lipinski definition) is 2. The van der Waals surface area contributed by atoms with Gasteiger partial charge >= 0.3 is 0 Å². The largest absolute Gasteiger partial charge is 0.392 e. The molecule has 0 fully saturated rings. The molecule has 0 aliphatic carbocycles. The van der Waals surface area contributed by atoms with E-state index in [0.29, 0.717) is 10.0 Å². The van der Waals surface area contributed by atoms with Crippen LogP contribution in [0.1, 0.15) is 5.56 Å². The molecule has 0 amide bonds. The fourth-order valence-corrected chi connectivity index (χ4v) is 4.50. The van der Waals surface area contributed by atoms with Crippen LogP contribution in [0.3, 0.4) is 0 Å². The predicted octanol–water partition coefficient (Wildman–Crippen LogP) is 4.16. The predicted molar refractivity (Wildman–Crippen MR) is 90.0 cm³/mol. The fourth-order valence-electron chi connectivity index (χ4n) is 1.62. The average Bonchev–Trinajstić information content (AvgIpc) is 2.42. The fraction of sp³-hybridized carbons (Fsp3) is 0.0769. The molecule has 8 heteroatoms. The molecular formula is C13H10Br2ClNO3S. The molecule has 0 spiro atoms. The number of halogens is 3. The van der Waals surface area contributed by atoms with Crippen LogP contribution in [-0.2, 0) is 16.6 Å². The van der Waals surface area contributed by atoms with Crippen LogP contribution in [0.5, 0.6) is 0 Å². The minimum Gasteiger partial charge on any atom is -0.392 e. The van der Waals surface area contributed by atoms with Gasteiger partial charge in [0, 0.05) is 8.95 Å². The monoisotopic (exact) mass is 453 g/mol. The van der Waals surface area contributed by atoms with Gasteiger partial charge in [0.15, 0.2) is 0 Å². The third kappa shape index (κ3) is 3.98. The molecule has 0 aliphatic rings. The van der Waals surface area contributed by atoms with Crippen LogP contribution in [0.25, 0.3) is 0 Å². The van der Waals surface area contributed by atoms with E-state index in [1.54, 1.807) is 30.3 Å². The molecular weight excluding hydrogens is 445 g/mol. The third-order valence-electron chi connectivity index (χ3n) is 2.64. The Balaban J connectivity index is 2.43. The highest BCUT2D eigenvalue weighted by Crippen LogP contribution is 2.30. The van der Waals surface area contributed by atoms with E-state index in [1.807, 2.05) is 0 Å². The summed E-state index contributed by atoms with van der Waals surface area (Å²) >= 11 is 12.5. The molecule has 0 unspecified atom stereocenters. The van der Waals surface area contributed by atoms with Gasteiger partial charge in [-0.1, -0.05) is 33.6 Å². The zero-order chi connectivity index (χ0) is 15.6. The summed E-state index contributed by atoms with van der Waals surface area (Å²) in [5, 5.41) is 9.41. The number of sulfonamides is 1. The molecule has 2 N–H and O–H groups in total. The van der Waals surface area contributed by atoms with Gasteiger partial charge in [-0.25, -0.2) is 8.42 Å². The van der Waals surface area contributed by atoms with Crippen LogP contribution in [-0.4, -0.2) is 13.5 Å². The Morgan fingerprint density at radius 1 is 1.14 bits per heavy atom. The first-order chi connectivity index (χ1) is 9.83. The highest BCUT2D eigenvalue weighted by atomic mass is 79.9. The Kier molecular flexibility index (Phi) is 5.32. The van der Waals surface area contributed by atoms with Crippen molar-refractivity contribution in [3.05, 3.63) is 55.9 Å². The second-order valence-corrected chi connectivity index (χ2v) is 7.98. The van der Waals surface area contributed by atoms with Crippen molar-refractivity contribution in [2.24, 2.45) is 0 Å². The van der Waals surface area contributed by atoms with Gasteiger partial charge in [-0.3, -0.25) is 4.72 Å². The van der Waals surface area contributed by atoms with Gasteiger partial charge in [0.05, 0.1) is 17.3 Å². The highest BCUT2D eigenvalue weighted by Gasteiger charge is 2.19. The quantitative estimate of drug-likeness (QED) is 0.728. The summed E-state index contributed by atoms with van der Waals surface area (Å²) in [6, 6.07) is 9.45. The van der Waals surface area contributed by atoms with E-state index in [9.17, 15) is 8.42 Å². The molecule has 21 heavy (non-hydrogen) atoms. The number of nitrogens with one attached hydrogen (secondary N) is 1. The van der Waals surface area contributed by atoms with Crippen LogP contribution < -0.4 is 4.72 Å². The molecule has 0 aromatic heterocycles. The Labute approximate surface area is 144 Å². The lowest BCUT2D eigenvalue weighted by atomic mass is 10.2. The highest BCUT2D eigenvalue weighted by molar-refractivity contribution is 9.10. The summed E-state index contributed by atoms with van der Waals surface area (Å²) in [5.74, 6) is 0. The number of anilines is 1. The Bertz CT molecular complexity index is 781. The van der Waals surface area contributed by atoms with E-state index in [-0.39, 0.29) is 22.2 Å². The Morgan fingerprint density at radius 2 is 1.86 bits per heavy atom. The minimum absolute atomic E-state index is 0.0352. The molecule has 0 saturated heterocycles. The molecule has 4 nitrogen and oxygen atoms in total. The topological polar surface area (TPSA) is 66.4 Å². The van der Waals surface area contributed by atoms with Crippen LogP contribution >= 0.6 is 43.5 Å². The van der Waals surface area contributed by atoms with Crippen LogP contribution in [0.4, 0.5) is 5.69 Å². The van der Waals surface area contributed by atoms with Crippen LogP contribution in [0.2, 0.25) is 5.02 Å². The average molecular weight is 456 g/mol. The van der Waals surface area contributed by atoms with Crippen molar-refractivity contribution in [1.82, 2.24) is 0 Å². The Morgan fingerprint density at radius 3 is 2.48 bits per heavy atom. The molecule has 0 aliphatic heterocycles. The Hall–Kier alpha value is -0.600. The standard InChI is InChI=1S/C13H10Br2ClNO3S/c14-9-2-4-12(11(16)6-9)17-21(19,20)13-5-8(7-18)1-3-10(13)15/h1-6,17-18H,7H2. The minimum atomic E-state index is -3.82. The number of benzene rings is 2. The van der Waals surface area contributed by atoms with Crippen molar-refractivity contribution in [3.8, 4) is 0 Å². The maximum absolute atomic E-state index is 12.4. The smallest absolute Gasteiger partial charge is 0.263 e. The number of rotatable bonds is 4. The summed E-state index contributed by atoms with van der Waals surface area (Å²) in [7, 11) is -3.82. The van der Waals surface area contributed by atoms with Crippen molar-refractivity contribution >= 4 is 59.2 Å². The van der Waals surface area contributed by atoms with E-state index in [0.717, 1.165) is 4.47 Å². The third-order valence-corrected chi connectivity index (χ3v) is 5.81. The first-order valence-electron chi connectivity index (χ1n) is 5.70. The molecule has 112 valence electrons. The van der Waals surface area contributed by atoms with Crippen molar-refractivity contribution in [3.63, 3.8) is 0 Å². The van der Waals surface area contributed by atoms with Gasteiger partial charge in [0.1, 0.15) is 4.90 Å². The van der Waals surface area contributed by atoms with E-state index < -0.39 is 10.0 Å². The van der Waals surface area contributed by atoms with E-state index >= 15 is 0 Å². The molecule has 2 aromatic rings. The maximum atomic E-state index is 12.4. The zero-order valence-corrected chi connectivity index (χ0v) is 15.2. The van der Waals surface area contributed by atoms with E-state index in [1.165, 1.54) is 6.07 Å². The van der Waals surface area contributed by atoms with Crippen LogP contribution in [0.15, 0.2) is 50.2 Å². The SMILES string of the molecule is O=S(=O)(Nc1ccc(Br)cc1Cl)c1cc(CO)ccc1Br. The molecule has 0 radical (unpaired) electrons. The number of aliphatic hydroxyl groups excluding tert-OH is 1. The van der Waals surface area contributed by atoms with Gasteiger partial charge in [0.2, 0.25) is 0 Å². The molecule has 0 saturated carbocycles. The van der Waals surface area contributed by atoms with Crippen molar-refractivity contribution in [1.29, 1.82) is 0 Å². The van der Waals surface area contributed by atoms with Gasteiger partial charge < -0.3 is 5.11 Å². The summed E-state index contributed by atoms with van der Waals surface area (Å²) in [5.41, 5.74) is 0.779. The van der Waals surface area contributed by atoms with Gasteiger partial charge in [-0.2, -0.15) is 0 Å². The summed E-state index contributed by atoms with van der Waals surface area (Å²) in [4.78, 5) is 0.0352. The molecule has 0 atom stereocenters. The van der Waals surface area contributed by atoms with Crippen molar-refractivity contribution in [2.45, 2.75) is 11.5 Å². The van der Waals surface area contributed by atoms with Gasteiger partial charge in [-0.15, -0.1) is 0 Å². The first kappa shape index (κ1) is 16.8. The van der Waals surface area contributed by atoms with Gasteiger partial charge in [-0.05, 0) is 51.8 Å². The normalized spacial score (nSPS) is 11.4. The zero-order valence-electron chi connectivity index (χ0n) is 10.5. The lowest BCUT2D eigenvalue weighted by Gasteiger charge is -2.12. The number of aliphatic hydroxyl groups is 1. The molecule has 0 bridgehead atoms. The maximum Gasteiger partial charge on any atom is 0.263 e.